The number of nitrogens with zero attached hydrogens (tertiary/aromatic N) is 5. The van der Waals surface area contributed by atoms with Gasteiger partial charge < -0.3 is 5.21 Å². The standard InChI is InChI=1S/C18H14N6O5/c25-22-9-2-1-5-14(22)10-17(13-4-3-8-19-12-13)21-20-16-7-6-15(23(26)27)11-18(16)24(28)29/h1-9,11-12,20H,10H2/b21-17-. The van der Waals surface area contributed by atoms with Crippen LogP contribution in [0.15, 0.2) is 72.2 Å². The maximum atomic E-state index is 12.0. The molecule has 0 unspecified atom stereocenters. The highest BCUT2D eigenvalue weighted by molar-refractivity contribution is 6.01. The second-order valence-corrected chi connectivity index (χ2v) is 5.82. The van der Waals surface area contributed by atoms with Crippen molar-refractivity contribution in [3.63, 3.8) is 0 Å². The predicted molar refractivity (Wildman–Crippen MR) is 103 cm³/mol. The fourth-order valence-electron chi connectivity index (χ4n) is 2.52. The lowest BCUT2D eigenvalue weighted by Gasteiger charge is -2.09. The molecule has 29 heavy (non-hydrogen) atoms. The molecule has 0 aliphatic carbocycles. The first kappa shape index (κ1) is 19.4. The number of nitro groups is 2. The normalized spacial score (nSPS) is 11.1. The summed E-state index contributed by atoms with van der Waals surface area (Å²) in [7, 11) is 0. The van der Waals surface area contributed by atoms with Gasteiger partial charge in [0.05, 0.1) is 28.0 Å². The first-order chi connectivity index (χ1) is 14.0. The molecule has 0 fully saturated rings. The van der Waals surface area contributed by atoms with Crippen LogP contribution in [-0.2, 0) is 6.42 Å². The van der Waals surface area contributed by atoms with E-state index >= 15 is 0 Å². The van der Waals surface area contributed by atoms with Gasteiger partial charge in [-0.05, 0) is 24.3 Å². The van der Waals surface area contributed by atoms with Crippen molar-refractivity contribution in [1.82, 2.24) is 4.98 Å². The van der Waals surface area contributed by atoms with Crippen LogP contribution in [0.4, 0.5) is 17.1 Å². The third-order valence-corrected chi connectivity index (χ3v) is 3.95. The van der Waals surface area contributed by atoms with Crippen LogP contribution in [-0.4, -0.2) is 20.5 Å². The Morgan fingerprint density at radius 2 is 1.93 bits per heavy atom. The zero-order valence-corrected chi connectivity index (χ0v) is 14.8. The minimum absolute atomic E-state index is 0.0231. The van der Waals surface area contributed by atoms with Gasteiger partial charge in [0.2, 0.25) is 0 Å². The average molecular weight is 394 g/mol. The highest BCUT2D eigenvalue weighted by Crippen LogP contribution is 2.29. The Morgan fingerprint density at radius 1 is 1.10 bits per heavy atom. The fraction of sp³-hybridized carbons (Fsp3) is 0.0556. The van der Waals surface area contributed by atoms with Gasteiger partial charge in [-0.25, -0.2) is 0 Å². The summed E-state index contributed by atoms with van der Waals surface area (Å²) in [4.78, 5) is 24.7. The molecule has 2 aromatic heterocycles. The molecule has 11 nitrogen and oxygen atoms in total. The quantitative estimate of drug-likeness (QED) is 0.213. The zero-order chi connectivity index (χ0) is 20.8. The van der Waals surface area contributed by atoms with Crippen LogP contribution < -0.4 is 10.2 Å². The number of pyridine rings is 2. The molecular formula is C18H14N6O5. The number of hydrazone groups is 1. The van der Waals surface area contributed by atoms with Gasteiger partial charge in [0.1, 0.15) is 5.69 Å². The Hall–Kier alpha value is -4.41. The number of benzene rings is 1. The highest BCUT2D eigenvalue weighted by atomic mass is 16.6. The minimum Gasteiger partial charge on any atom is -0.618 e. The summed E-state index contributed by atoms with van der Waals surface area (Å²) in [6, 6.07) is 11.5. The molecule has 1 N–H and O–H groups in total. The lowest BCUT2D eigenvalue weighted by Crippen LogP contribution is -2.32. The number of nitro benzene ring substituents is 2. The Labute approximate surface area is 163 Å². The molecule has 0 bridgehead atoms. The number of non-ortho nitro benzene ring substituents is 1. The molecule has 0 spiro atoms. The smallest absolute Gasteiger partial charge is 0.301 e. The molecule has 0 saturated carbocycles. The summed E-state index contributed by atoms with van der Waals surface area (Å²) in [5, 5.41) is 38.4. The maximum Gasteiger partial charge on any atom is 0.301 e. The van der Waals surface area contributed by atoms with Gasteiger partial charge in [-0.15, -0.1) is 0 Å². The third kappa shape index (κ3) is 4.66. The van der Waals surface area contributed by atoms with Crippen LogP contribution in [0, 0.1) is 25.4 Å². The SMILES string of the molecule is O=[N+]([O-])c1ccc(N/N=C(/Cc2cccc[n+]2[O-])c2cccnc2)c([N+](=O)[O-])c1. The third-order valence-electron chi connectivity index (χ3n) is 3.95. The molecular weight excluding hydrogens is 380 g/mol. The van der Waals surface area contributed by atoms with Crippen LogP contribution in [0.2, 0.25) is 0 Å². The summed E-state index contributed by atoms with van der Waals surface area (Å²) in [5.74, 6) is 0. The summed E-state index contributed by atoms with van der Waals surface area (Å²) >= 11 is 0. The van der Waals surface area contributed by atoms with E-state index in [2.05, 4.69) is 15.5 Å². The topological polar surface area (TPSA) is 150 Å². The van der Waals surface area contributed by atoms with E-state index in [1.54, 1.807) is 42.7 Å². The minimum atomic E-state index is -0.739. The number of hydrogen-bond donors (Lipinski definition) is 1. The molecule has 0 radical (unpaired) electrons. The monoisotopic (exact) mass is 394 g/mol. The van der Waals surface area contributed by atoms with E-state index in [0.29, 0.717) is 21.7 Å². The van der Waals surface area contributed by atoms with Crippen molar-refractivity contribution in [2.75, 3.05) is 5.43 Å². The molecule has 0 saturated heterocycles. The van der Waals surface area contributed by atoms with Crippen molar-refractivity contribution in [1.29, 1.82) is 0 Å². The van der Waals surface area contributed by atoms with Crippen molar-refractivity contribution in [2.45, 2.75) is 6.42 Å². The van der Waals surface area contributed by atoms with Crippen molar-refractivity contribution < 1.29 is 14.6 Å². The second kappa shape index (κ2) is 8.52. The molecule has 0 aliphatic rings. The molecule has 1 aromatic carbocycles. The number of aromatic nitrogens is 2. The van der Waals surface area contributed by atoms with Crippen molar-refractivity contribution in [2.24, 2.45) is 5.10 Å². The largest absolute Gasteiger partial charge is 0.618 e. The lowest BCUT2D eigenvalue weighted by molar-refractivity contribution is -0.613. The van der Waals surface area contributed by atoms with Gasteiger partial charge in [-0.1, -0.05) is 0 Å². The molecule has 0 atom stereocenters. The van der Waals surface area contributed by atoms with Gasteiger partial charge in [-0.2, -0.15) is 9.83 Å². The van der Waals surface area contributed by atoms with E-state index in [4.69, 9.17) is 0 Å². The number of hydrogen-bond acceptors (Lipinski definition) is 8. The van der Waals surface area contributed by atoms with E-state index in [1.807, 2.05) is 0 Å². The Bertz CT molecular complexity index is 1090. The first-order valence-corrected chi connectivity index (χ1v) is 8.28. The molecule has 3 rings (SSSR count). The second-order valence-electron chi connectivity index (χ2n) is 5.82. The molecule has 2 heterocycles. The number of rotatable bonds is 7. The molecule has 11 heteroatoms. The van der Waals surface area contributed by atoms with Crippen LogP contribution >= 0.6 is 0 Å². The van der Waals surface area contributed by atoms with E-state index in [9.17, 15) is 25.4 Å². The van der Waals surface area contributed by atoms with E-state index < -0.39 is 21.2 Å². The van der Waals surface area contributed by atoms with Gasteiger partial charge in [-0.3, -0.25) is 30.6 Å². The Morgan fingerprint density at radius 3 is 2.59 bits per heavy atom. The average Bonchev–Trinajstić information content (AvgIpc) is 2.72. The van der Waals surface area contributed by atoms with E-state index in [1.165, 1.54) is 12.3 Å². The van der Waals surface area contributed by atoms with Gasteiger partial charge in [0, 0.05) is 36.2 Å². The van der Waals surface area contributed by atoms with Crippen LogP contribution in [0.3, 0.4) is 0 Å². The predicted octanol–water partition coefficient (Wildman–Crippen LogP) is 2.59. The molecule has 0 amide bonds. The van der Waals surface area contributed by atoms with Crippen LogP contribution in [0.25, 0.3) is 0 Å². The summed E-state index contributed by atoms with van der Waals surface area (Å²) < 4.78 is 0.695. The molecule has 3 aromatic rings. The summed E-state index contributed by atoms with van der Waals surface area (Å²) in [6.07, 6.45) is 4.60. The fourth-order valence-corrected chi connectivity index (χ4v) is 2.52. The van der Waals surface area contributed by atoms with Gasteiger partial charge >= 0.3 is 5.69 Å². The Balaban J connectivity index is 1.98. The summed E-state index contributed by atoms with van der Waals surface area (Å²) in [5.41, 5.74) is 3.08. The van der Waals surface area contributed by atoms with Gasteiger partial charge in [0.15, 0.2) is 11.9 Å². The molecule has 0 aliphatic heterocycles. The highest BCUT2D eigenvalue weighted by Gasteiger charge is 2.20. The lowest BCUT2D eigenvalue weighted by atomic mass is 10.1. The van der Waals surface area contributed by atoms with Crippen LogP contribution in [0.1, 0.15) is 11.3 Å². The van der Waals surface area contributed by atoms with Crippen LogP contribution in [0.5, 0.6) is 0 Å². The van der Waals surface area contributed by atoms with Gasteiger partial charge in [0.25, 0.3) is 5.69 Å². The van der Waals surface area contributed by atoms with Crippen molar-refractivity contribution in [3.8, 4) is 0 Å². The van der Waals surface area contributed by atoms with Crippen molar-refractivity contribution in [3.05, 3.63) is 104 Å². The first-order valence-electron chi connectivity index (χ1n) is 8.28. The maximum absolute atomic E-state index is 12.0. The van der Waals surface area contributed by atoms with Crippen molar-refractivity contribution >= 4 is 22.8 Å². The summed E-state index contributed by atoms with van der Waals surface area (Å²) in [6.45, 7) is 0. The Kier molecular flexibility index (Phi) is 5.69. The number of nitrogens with one attached hydrogen (secondary N) is 1. The van der Waals surface area contributed by atoms with E-state index in [-0.39, 0.29) is 12.1 Å². The number of anilines is 1. The van der Waals surface area contributed by atoms with E-state index in [0.717, 1.165) is 12.1 Å². The molecule has 146 valence electrons. The zero-order valence-electron chi connectivity index (χ0n) is 14.8.